The van der Waals surface area contributed by atoms with Gasteiger partial charge in [-0.25, -0.2) is 5.06 Å². The van der Waals surface area contributed by atoms with Crippen LogP contribution in [0.15, 0.2) is 0 Å². The van der Waals surface area contributed by atoms with Crippen molar-refractivity contribution in [2.45, 2.75) is 24.6 Å². The van der Waals surface area contributed by atoms with Gasteiger partial charge < -0.3 is 17.8 Å². The Labute approximate surface area is 83.3 Å². The minimum absolute atomic E-state index is 0. The first-order chi connectivity index (χ1) is 3.80. The third-order valence-corrected chi connectivity index (χ3v) is 1.90. The van der Waals surface area contributed by atoms with E-state index in [-0.39, 0.29) is 34.9 Å². The smallest absolute Gasteiger partial charge is 0.772 e. The molecule has 0 aliphatic carbocycles. The fourth-order valence-electron chi connectivity index (χ4n) is 0.886. The minimum atomic E-state index is -0.0243. The van der Waals surface area contributed by atoms with E-state index in [9.17, 15) is 0 Å². The van der Waals surface area contributed by atoms with Crippen LogP contribution in [0, 0.1) is 0 Å². The summed E-state index contributed by atoms with van der Waals surface area (Å²) in [6.45, 7) is 0.758. The SMILES string of the molecule is ON1CCCCC1[S-].[Na+]. The van der Waals surface area contributed by atoms with Crippen LogP contribution in [0.3, 0.4) is 0 Å². The topological polar surface area (TPSA) is 23.5 Å². The summed E-state index contributed by atoms with van der Waals surface area (Å²) in [5.74, 6) is 0. The summed E-state index contributed by atoms with van der Waals surface area (Å²) in [7, 11) is 0. The molecule has 1 rings (SSSR count). The zero-order valence-electron chi connectivity index (χ0n) is 5.71. The van der Waals surface area contributed by atoms with Gasteiger partial charge in [0.15, 0.2) is 0 Å². The predicted molar refractivity (Wildman–Crippen MR) is 33.5 cm³/mol. The molecule has 1 N–H and O–H groups in total. The fraction of sp³-hybridized carbons (Fsp3) is 1.00. The van der Waals surface area contributed by atoms with E-state index in [1.54, 1.807) is 0 Å². The first-order valence-electron chi connectivity index (χ1n) is 2.92. The van der Waals surface area contributed by atoms with E-state index >= 15 is 0 Å². The molecule has 0 bridgehead atoms. The second-order valence-corrected chi connectivity index (χ2v) is 2.66. The first-order valence-corrected chi connectivity index (χ1v) is 3.39. The first kappa shape index (κ1) is 10.3. The van der Waals surface area contributed by atoms with Gasteiger partial charge in [0, 0.05) is 6.54 Å². The molecule has 0 aromatic carbocycles. The molecule has 2 nitrogen and oxygen atoms in total. The Balaban J connectivity index is 0.000000640. The second kappa shape index (κ2) is 4.99. The summed E-state index contributed by atoms with van der Waals surface area (Å²) in [6, 6.07) is 0. The third-order valence-electron chi connectivity index (χ3n) is 1.42. The number of nitrogens with zero attached hydrogens (tertiary/aromatic N) is 1. The van der Waals surface area contributed by atoms with E-state index < -0.39 is 0 Å². The summed E-state index contributed by atoms with van der Waals surface area (Å²) >= 11 is 4.89. The van der Waals surface area contributed by atoms with Gasteiger partial charge in [-0.15, -0.1) is 0 Å². The zero-order valence-corrected chi connectivity index (χ0v) is 8.52. The molecule has 1 fully saturated rings. The van der Waals surface area contributed by atoms with Crippen LogP contribution in [-0.2, 0) is 12.6 Å². The van der Waals surface area contributed by atoms with Crippen molar-refractivity contribution in [2.24, 2.45) is 0 Å². The molecule has 0 aromatic rings. The summed E-state index contributed by atoms with van der Waals surface area (Å²) < 4.78 is 0. The maximum absolute atomic E-state index is 8.91. The number of hydroxylamine groups is 2. The molecule has 1 aliphatic heterocycles. The Morgan fingerprint density at radius 1 is 1.44 bits per heavy atom. The Bertz CT molecular complexity index is 73.4. The molecule has 48 valence electrons. The van der Waals surface area contributed by atoms with Crippen LogP contribution in [0.4, 0.5) is 0 Å². The number of hydrogen-bond donors (Lipinski definition) is 1. The molecular formula is C5H10NNaOS. The van der Waals surface area contributed by atoms with Crippen molar-refractivity contribution in [3.05, 3.63) is 0 Å². The van der Waals surface area contributed by atoms with Crippen LogP contribution in [0.2, 0.25) is 0 Å². The molecular weight excluding hydrogens is 145 g/mol. The molecule has 0 amide bonds. The second-order valence-electron chi connectivity index (χ2n) is 2.11. The van der Waals surface area contributed by atoms with Crippen LogP contribution < -0.4 is 29.6 Å². The normalized spacial score (nSPS) is 29.3. The van der Waals surface area contributed by atoms with Gasteiger partial charge in [0.1, 0.15) is 0 Å². The molecule has 1 atom stereocenters. The molecule has 0 aromatic heterocycles. The van der Waals surface area contributed by atoms with Gasteiger partial charge in [0.05, 0.1) is 0 Å². The Morgan fingerprint density at radius 3 is 2.44 bits per heavy atom. The van der Waals surface area contributed by atoms with Crippen molar-refractivity contribution >= 4 is 12.6 Å². The van der Waals surface area contributed by atoms with Crippen LogP contribution in [0.1, 0.15) is 19.3 Å². The van der Waals surface area contributed by atoms with Gasteiger partial charge in [-0.3, -0.25) is 0 Å². The number of piperidine rings is 1. The van der Waals surface area contributed by atoms with Crippen LogP contribution >= 0.6 is 0 Å². The molecule has 1 aliphatic rings. The monoisotopic (exact) mass is 155 g/mol. The average molecular weight is 155 g/mol. The molecule has 0 spiro atoms. The van der Waals surface area contributed by atoms with Crippen molar-refractivity contribution in [3.8, 4) is 0 Å². The maximum Gasteiger partial charge on any atom is 1.00 e. The standard InChI is InChI=1S/C5H11NOS.Na/c7-6-4-2-1-3-5(6)8;/h5,7-8H,1-4H2;/q;+1/p-1. The molecule has 0 saturated carbocycles. The van der Waals surface area contributed by atoms with Gasteiger partial charge in [0.2, 0.25) is 0 Å². The van der Waals surface area contributed by atoms with Crippen molar-refractivity contribution in [2.75, 3.05) is 6.54 Å². The largest absolute Gasteiger partial charge is 1.00 e. The summed E-state index contributed by atoms with van der Waals surface area (Å²) in [4.78, 5) is 0. The van der Waals surface area contributed by atoms with Crippen LogP contribution in [0.5, 0.6) is 0 Å². The summed E-state index contributed by atoms with van der Waals surface area (Å²) in [6.07, 6.45) is 3.22. The van der Waals surface area contributed by atoms with Gasteiger partial charge in [-0.05, 0) is 6.42 Å². The van der Waals surface area contributed by atoms with Crippen molar-refractivity contribution in [1.82, 2.24) is 5.06 Å². The van der Waals surface area contributed by atoms with Crippen molar-refractivity contribution < 1.29 is 34.8 Å². The molecule has 1 saturated heterocycles. The molecule has 9 heavy (non-hydrogen) atoms. The zero-order chi connectivity index (χ0) is 5.98. The number of hydrogen-bond acceptors (Lipinski definition) is 3. The van der Waals surface area contributed by atoms with Gasteiger partial charge in [-0.1, -0.05) is 18.2 Å². The van der Waals surface area contributed by atoms with Gasteiger partial charge >= 0.3 is 29.6 Å². The van der Waals surface area contributed by atoms with Crippen LogP contribution in [-0.4, -0.2) is 22.2 Å². The Hall–Kier alpha value is 1.27. The quantitative estimate of drug-likeness (QED) is 0.315. The maximum atomic E-state index is 8.91. The van der Waals surface area contributed by atoms with Crippen molar-refractivity contribution in [3.63, 3.8) is 0 Å². The molecule has 0 radical (unpaired) electrons. The van der Waals surface area contributed by atoms with E-state index in [1.165, 1.54) is 11.5 Å². The minimum Gasteiger partial charge on any atom is -0.772 e. The van der Waals surface area contributed by atoms with E-state index in [0.717, 1.165) is 19.4 Å². The van der Waals surface area contributed by atoms with E-state index in [1.807, 2.05) is 0 Å². The molecule has 1 unspecified atom stereocenters. The Kier molecular flexibility index (Phi) is 5.70. The predicted octanol–water partition coefficient (Wildman–Crippen LogP) is -2.26. The number of rotatable bonds is 0. The molecule has 4 heteroatoms. The van der Waals surface area contributed by atoms with Gasteiger partial charge in [0.25, 0.3) is 0 Å². The summed E-state index contributed by atoms with van der Waals surface area (Å²) in [5, 5.41) is 10.1. The van der Waals surface area contributed by atoms with E-state index in [4.69, 9.17) is 17.8 Å². The van der Waals surface area contributed by atoms with E-state index in [0.29, 0.717) is 0 Å². The van der Waals surface area contributed by atoms with Crippen LogP contribution in [0.25, 0.3) is 0 Å². The average Bonchev–Trinajstić information content (AvgIpc) is 1.77. The molecule has 1 heterocycles. The Morgan fingerprint density at radius 2 is 2.11 bits per heavy atom. The van der Waals surface area contributed by atoms with Gasteiger partial charge in [-0.2, -0.15) is 0 Å². The third kappa shape index (κ3) is 3.25. The summed E-state index contributed by atoms with van der Waals surface area (Å²) in [5.41, 5.74) is 0. The van der Waals surface area contributed by atoms with E-state index in [2.05, 4.69) is 0 Å². The van der Waals surface area contributed by atoms with Crippen molar-refractivity contribution in [1.29, 1.82) is 0 Å². The fourth-order valence-corrected chi connectivity index (χ4v) is 1.16.